The van der Waals surface area contributed by atoms with Gasteiger partial charge in [-0.05, 0) is 48.1 Å². The van der Waals surface area contributed by atoms with E-state index < -0.39 is 0 Å². The largest absolute Gasteiger partial charge is 0.495 e. The van der Waals surface area contributed by atoms with E-state index in [4.69, 9.17) is 51.8 Å². The van der Waals surface area contributed by atoms with Gasteiger partial charge in [-0.1, -0.05) is 40.9 Å². The summed E-state index contributed by atoms with van der Waals surface area (Å²) >= 11 is 23.9. The fourth-order valence-electron chi connectivity index (χ4n) is 2.97. The Morgan fingerprint density at radius 1 is 1.04 bits per heavy atom. The van der Waals surface area contributed by atoms with Gasteiger partial charge in [0.2, 0.25) is 0 Å². The molecule has 0 amide bonds. The van der Waals surface area contributed by atoms with Crippen molar-refractivity contribution in [3.05, 3.63) is 57.0 Å². The number of thiocarbonyl (C=S) groups is 1. The SMILES string of the molecule is COc1ccc(Cl)cc1NC(=S)N1CCN(Cc2ccc(Cl)cc2Cl)CC1. The zero-order valence-electron chi connectivity index (χ0n) is 14.8. The Labute approximate surface area is 179 Å². The molecule has 1 N–H and O–H groups in total. The standard InChI is InChI=1S/C19H20Cl3N3OS/c1-26-18-5-4-15(21)11-17(18)23-19(27)25-8-6-24(7-9-25)12-13-2-3-14(20)10-16(13)22/h2-5,10-11H,6-9,12H2,1H3,(H,23,27). The summed E-state index contributed by atoms with van der Waals surface area (Å²) in [5, 5.41) is 5.90. The van der Waals surface area contributed by atoms with Gasteiger partial charge in [-0.15, -0.1) is 0 Å². The van der Waals surface area contributed by atoms with Crippen molar-refractivity contribution < 1.29 is 4.74 Å². The summed E-state index contributed by atoms with van der Waals surface area (Å²) in [5.41, 5.74) is 1.85. The Hall–Kier alpha value is -1.24. The molecule has 0 saturated carbocycles. The lowest BCUT2D eigenvalue weighted by Gasteiger charge is -2.36. The van der Waals surface area contributed by atoms with Gasteiger partial charge >= 0.3 is 0 Å². The Morgan fingerprint density at radius 2 is 1.70 bits per heavy atom. The maximum atomic E-state index is 6.28. The second-order valence-corrected chi connectivity index (χ2v) is 7.94. The number of methoxy groups -OCH3 is 1. The van der Waals surface area contributed by atoms with Gasteiger partial charge in [0, 0.05) is 47.8 Å². The molecule has 27 heavy (non-hydrogen) atoms. The third-order valence-electron chi connectivity index (χ3n) is 4.47. The van der Waals surface area contributed by atoms with Crippen LogP contribution in [0.3, 0.4) is 0 Å². The van der Waals surface area contributed by atoms with Gasteiger partial charge in [0.25, 0.3) is 0 Å². The number of piperazine rings is 1. The average molecular weight is 445 g/mol. The van der Waals surface area contributed by atoms with E-state index in [1.807, 2.05) is 24.3 Å². The zero-order chi connectivity index (χ0) is 19.4. The van der Waals surface area contributed by atoms with Crippen molar-refractivity contribution in [2.75, 3.05) is 38.6 Å². The first kappa shape index (κ1) is 20.5. The van der Waals surface area contributed by atoms with Gasteiger partial charge in [0.15, 0.2) is 5.11 Å². The van der Waals surface area contributed by atoms with Crippen LogP contribution in [0.15, 0.2) is 36.4 Å². The first-order valence-corrected chi connectivity index (χ1v) is 10.1. The molecule has 0 bridgehead atoms. The van der Waals surface area contributed by atoms with Crippen molar-refractivity contribution in [3.63, 3.8) is 0 Å². The lowest BCUT2D eigenvalue weighted by atomic mass is 10.2. The van der Waals surface area contributed by atoms with Crippen molar-refractivity contribution in [2.24, 2.45) is 0 Å². The van der Waals surface area contributed by atoms with Crippen LogP contribution in [0.5, 0.6) is 5.75 Å². The highest BCUT2D eigenvalue weighted by Crippen LogP contribution is 2.28. The lowest BCUT2D eigenvalue weighted by molar-refractivity contribution is 0.177. The molecule has 1 fully saturated rings. The normalized spacial score (nSPS) is 14.9. The molecule has 4 nitrogen and oxygen atoms in total. The van der Waals surface area contributed by atoms with Crippen LogP contribution >= 0.6 is 47.0 Å². The van der Waals surface area contributed by atoms with Crippen molar-refractivity contribution in [3.8, 4) is 5.75 Å². The number of nitrogens with zero attached hydrogens (tertiary/aromatic N) is 2. The van der Waals surface area contributed by atoms with E-state index >= 15 is 0 Å². The Kier molecular flexibility index (Phi) is 7.06. The van der Waals surface area contributed by atoms with Crippen molar-refractivity contribution in [1.82, 2.24) is 9.80 Å². The van der Waals surface area contributed by atoms with Crippen molar-refractivity contribution in [1.29, 1.82) is 0 Å². The number of rotatable bonds is 4. The number of nitrogens with one attached hydrogen (secondary N) is 1. The second kappa shape index (κ2) is 9.30. The first-order valence-electron chi connectivity index (χ1n) is 8.52. The molecule has 0 aromatic heterocycles. The van der Waals surface area contributed by atoms with E-state index in [9.17, 15) is 0 Å². The fourth-order valence-corrected chi connectivity index (χ4v) is 3.90. The lowest BCUT2D eigenvalue weighted by Crippen LogP contribution is -2.49. The molecular weight excluding hydrogens is 425 g/mol. The number of hydrogen-bond acceptors (Lipinski definition) is 3. The summed E-state index contributed by atoms with van der Waals surface area (Å²) in [7, 11) is 1.62. The summed E-state index contributed by atoms with van der Waals surface area (Å²) in [6, 6.07) is 11.1. The monoisotopic (exact) mass is 443 g/mol. The highest BCUT2D eigenvalue weighted by molar-refractivity contribution is 7.80. The Bertz CT molecular complexity index is 826. The topological polar surface area (TPSA) is 27.7 Å². The molecule has 2 aromatic carbocycles. The van der Waals surface area contributed by atoms with Crippen LogP contribution in [0, 0.1) is 0 Å². The molecule has 8 heteroatoms. The molecule has 1 heterocycles. The zero-order valence-corrected chi connectivity index (χ0v) is 17.9. The molecule has 0 aliphatic carbocycles. The van der Waals surface area contributed by atoms with Crippen LogP contribution in [-0.4, -0.2) is 48.2 Å². The summed E-state index contributed by atoms with van der Waals surface area (Å²) in [6.07, 6.45) is 0. The second-order valence-electron chi connectivity index (χ2n) is 6.27. The van der Waals surface area contributed by atoms with E-state index in [2.05, 4.69) is 15.1 Å². The highest BCUT2D eigenvalue weighted by Gasteiger charge is 2.20. The van der Waals surface area contributed by atoms with Crippen LogP contribution in [0.2, 0.25) is 15.1 Å². The van der Waals surface area contributed by atoms with Gasteiger partial charge in [0.05, 0.1) is 12.8 Å². The van der Waals surface area contributed by atoms with Gasteiger partial charge in [0.1, 0.15) is 5.75 Å². The summed E-state index contributed by atoms with van der Waals surface area (Å²) in [6.45, 7) is 4.26. The molecule has 3 rings (SSSR count). The molecule has 1 aliphatic heterocycles. The minimum Gasteiger partial charge on any atom is -0.495 e. The van der Waals surface area contributed by atoms with Crippen LogP contribution in [0.1, 0.15) is 5.56 Å². The number of halogens is 3. The summed E-state index contributed by atoms with van der Waals surface area (Å²) in [5.74, 6) is 0.706. The average Bonchev–Trinajstić information content (AvgIpc) is 2.65. The molecule has 2 aromatic rings. The molecule has 0 atom stereocenters. The quantitative estimate of drug-likeness (QED) is 0.657. The first-order chi connectivity index (χ1) is 13.0. The molecular formula is C19H20Cl3N3OS. The van der Waals surface area contributed by atoms with E-state index in [1.54, 1.807) is 19.2 Å². The number of benzene rings is 2. The van der Waals surface area contributed by atoms with Crippen LogP contribution in [0.25, 0.3) is 0 Å². The minimum atomic E-state index is 0.630. The molecule has 0 radical (unpaired) electrons. The van der Waals surface area contributed by atoms with Gasteiger partial charge < -0.3 is 15.0 Å². The smallest absolute Gasteiger partial charge is 0.173 e. The van der Waals surface area contributed by atoms with E-state index in [-0.39, 0.29) is 0 Å². The van der Waals surface area contributed by atoms with Crippen LogP contribution in [0.4, 0.5) is 5.69 Å². The Morgan fingerprint density at radius 3 is 2.37 bits per heavy atom. The number of hydrogen-bond donors (Lipinski definition) is 1. The molecule has 144 valence electrons. The van der Waals surface area contributed by atoms with Gasteiger partial charge in [-0.25, -0.2) is 0 Å². The summed E-state index contributed by atoms with van der Waals surface area (Å²) in [4.78, 5) is 4.50. The molecule has 1 aliphatic rings. The predicted molar refractivity (Wildman–Crippen MR) is 118 cm³/mol. The maximum Gasteiger partial charge on any atom is 0.173 e. The third kappa shape index (κ3) is 5.39. The number of anilines is 1. The number of ether oxygens (including phenoxy) is 1. The predicted octanol–water partition coefficient (Wildman–Crippen LogP) is 5.17. The van der Waals surface area contributed by atoms with Crippen LogP contribution in [-0.2, 0) is 6.54 Å². The molecule has 0 unspecified atom stereocenters. The van der Waals surface area contributed by atoms with Crippen molar-refractivity contribution >= 4 is 57.8 Å². The van der Waals surface area contributed by atoms with Gasteiger partial charge in [-0.2, -0.15) is 0 Å². The fraction of sp³-hybridized carbons (Fsp3) is 0.316. The molecule has 1 saturated heterocycles. The van der Waals surface area contributed by atoms with E-state index in [0.717, 1.165) is 44.0 Å². The summed E-state index contributed by atoms with van der Waals surface area (Å²) < 4.78 is 5.36. The van der Waals surface area contributed by atoms with Crippen LogP contribution < -0.4 is 10.1 Å². The maximum absolute atomic E-state index is 6.28. The minimum absolute atomic E-state index is 0.630. The van der Waals surface area contributed by atoms with E-state index in [0.29, 0.717) is 25.9 Å². The highest BCUT2D eigenvalue weighted by atomic mass is 35.5. The Balaban J connectivity index is 1.56. The van der Waals surface area contributed by atoms with E-state index in [1.165, 1.54) is 0 Å². The van der Waals surface area contributed by atoms with Gasteiger partial charge in [-0.3, -0.25) is 4.90 Å². The van der Waals surface area contributed by atoms with Crippen molar-refractivity contribution in [2.45, 2.75) is 6.54 Å². The third-order valence-corrected chi connectivity index (χ3v) is 5.65. The molecule has 0 spiro atoms.